The predicted molar refractivity (Wildman–Crippen MR) is 141 cm³/mol. The van der Waals surface area contributed by atoms with Crippen molar-refractivity contribution in [1.29, 1.82) is 0 Å². The number of hydrogen-bond donors (Lipinski definition) is 2. The number of pyridine rings is 1. The van der Waals surface area contributed by atoms with Crippen LogP contribution < -0.4 is 15.7 Å². The molecule has 0 aliphatic carbocycles. The molecule has 3 aromatic heterocycles. The molecule has 0 aliphatic heterocycles. The highest BCUT2D eigenvalue weighted by atomic mass is 35.5. The molecule has 0 saturated heterocycles. The van der Waals surface area contributed by atoms with Crippen molar-refractivity contribution in [3.63, 3.8) is 0 Å². The van der Waals surface area contributed by atoms with E-state index in [1.54, 1.807) is 17.4 Å². The zero-order valence-electron chi connectivity index (χ0n) is 20.9. The van der Waals surface area contributed by atoms with Crippen LogP contribution in [-0.2, 0) is 27.9 Å². The van der Waals surface area contributed by atoms with Crippen LogP contribution in [0.3, 0.4) is 0 Å². The Hall–Kier alpha value is -3.80. The van der Waals surface area contributed by atoms with Crippen LogP contribution in [0.2, 0.25) is 10.0 Å². The second-order valence-electron chi connectivity index (χ2n) is 8.55. The van der Waals surface area contributed by atoms with Crippen molar-refractivity contribution in [2.45, 2.75) is 25.3 Å². The lowest BCUT2D eigenvalue weighted by Gasteiger charge is -2.22. The van der Waals surface area contributed by atoms with Gasteiger partial charge in [-0.1, -0.05) is 23.2 Å². The molecule has 0 bridgehead atoms. The van der Waals surface area contributed by atoms with Crippen molar-refractivity contribution in [2.75, 3.05) is 12.8 Å². The van der Waals surface area contributed by atoms with Gasteiger partial charge in [-0.25, -0.2) is 37.3 Å². The van der Waals surface area contributed by atoms with Gasteiger partial charge < -0.3 is 5.32 Å². The van der Waals surface area contributed by atoms with Gasteiger partial charge in [-0.2, -0.15) is 13.2 Å². The number of benzene rings is 1. The minimum Gasteiger partial charge on any atom is -0.342 e. The molecular weight excluding hydrogens is 614 g/mol. The number of amides is 1. The van der Waals surface area contributed by atoms with E-state index in [4.69, 9.17) is 23.2 Å². The van der Waals surface area contributed by atoms with E-state index in [-0.39, 0.29) is 34.6 Å². The molecule has 41 heavy (non-hydrogen) atoms. The summed E-state index contributed by atoms with van der Waals surface area (Å²) in [6, 6.07) is 6.47. The average Bonchev–Trinajstić information content (AvgIpc) is 3.47. The van der Waals surface area contributed by atoms with E-state index in [2.05, 4.69) is 20.2 Å². The Labute approximate surface area is 240 Å². The Morgan fingerprint density at radius 3 is 2.44 bits per heavy atom. The van der Waals surface area contributed by atoms with Crippen LogP contribution in [0.5, 0.6) is 0 Å². The largest absolute Gasteiger partial charge is 0.410 e. The number of rotatable bonds is 10. The molecule has 0 spiro atoms. The van der Waals surface area contributed by atoms with Crippen molar-refractivity contribution in [3.8, 4) is 17.2 Å². The fourth-order valence-corrected chi connectivity index (χ4v) is 4.26. The molecule has 13 nitrogen and oxygen atoms in total. The highest BCUT2D eigenvalue weighted by molar-refractivity contribution is 7.88. The smallest absolute Gasteiger partial charge is 0.342 e. The molecule has 19 heteroatoms. The predicted octanol–water partition coefficient (Wildman–Crippen LogP) is 1.64. The first-order valence-corrected chi connectivity index (χ1v) is 14.1. The summed E-state index contributed by atoms with van der Waals surface area (Å²) < 4.78 is 69.0. The highest BCUT2D eigenvalue weighted by Gasteiger charge is 2.42. The van der Waals surface area contributed by atoms with E-state index >= 15 is 0 Å². The first-order valence-electron chi connectivity index (χ1n) is 11.5. The molecule has 1 atom stereocenters. The second kappa shape index (κ2) is 12.0. The third-order valence-electron chi connectivity index (χ3n) is 5.40. The topological polar surface area (TPSA) is 159 Å². The van der Waals surface area contributed by atoms with Gasteiger partial charge in [0.15, 0.2) is 17.5 Å². The quantitative estimate of drug-likeness (QED) is 0.267. The van der Waals surface area contributed by atoms with Crippen molar-refractivity contribution < 1.29 is 26.4 Å². The van der Waals surface area contributed by atoms with Crippen molar-refractivity contribution >= 4 is 39.1 Å². The molecule has 3 heterocycles. The maximum absolute atomic E-state index is 14.0. The van der Waals surface area contributed by atoms with Crippen LogP contribution in [-0.4, -0.2) is 73.4 Å². The molecule has 218 valence electrons. The number of nitrogens with one attached hydrogen (secondary N) is 2. The number of nitrogens with zero attached hydrogens (tertiary/aromatic N) is 7. The van der Waals surface area contributed by atoms with Crippen LogP contribution in [0.15, 0.2) is 53.7 Å². The molecule has 0 saturated carbocycles. The fourth-order valence-electron chi connectivity index (χ4n) is 3.53. The summed E-state index contributed by atoms with van der Waals surface area (Å²) in [6.45, 7) is -2.33. The number of alkyl halides is 3. The van der Waals surface area contributed by atoms with Crippen molar-refractivity contribution in [1.82, 2.24) is 44.1 Å². The molecule has 0 radical (unpaired) electrons. The number of sulfonamides is 1. The van der Waals surface area contributed by atoms with Crippen LogP contribution in [0.25, 0.3) is 17.2 Å². The van der Waals surface area contributed by atoms with E-state index in [0.29, 0.717) is 5.02 Å². The number of carbonyl (C=O) groups is 1. The third kappa shape index (κ3) is 7.69. The van der Waals surface area contributed by atoms with Gasteiger partial charge in [-0.15, -0.1) is 10.2 Å². The van der Waals surface area contributed by atoms with E-state index in [0.717, 1.165) is 15.5 Å². The van der Waals surface area contributed by atoms with Gasteiger partial charge in [0.1, 0.15) is 18.9 Å². The molecule has 4 aromatic rings. The van der Waals surface area contributed by atoms with Crippen molar-refractivity contribution in [3.05, 3.63) is 75.3 Å². The second-order valence-corrected chi connectivity index (χ2v) is 11.2. The summed E-state index contributed by atoms with van der Waals surface area (Å²) in [4.78, 5) is 33.7. The summed E-state index contributed by atoms with van der Waals surface area (Å²) in [5, 5.41) is 10.8. The minimum absolute atomic E-state index is 0.0775. The summed E-state index contributed by atoms with van der Waals surface area (Å²) in [7, 11) is -3.84. The number of halogens is 5. The molecule has 1 amide bonds. The van der Waals surface area contributed by atoms with E-state index in [9.17, 15) is 31.2 Å². The normalized spacial score (nSPS) is 12.8. The first-order chi connectivity index (χ1) is 19.2. The lowest BCUT2D eigenvalue weighted by Crippen LogP contribution is -2.51. The van der Waals surface area contributed by atoms with Crippen LogP contribution in [0.1, 0.15) is 5.82 Å². The molecular formula is C22H20Cl2F3N9O4S. The Kier molecular flexibility index (Phi) is 8.81. The van der Waals surface area contributed by atoms with Gasteiger partial charge in [0.2, 0.25) is 15.9 Å². The van der Waals surface area contributed by atoms with E-state index in [1.807, 2.05) is 4.72 Å². The molecule has 2 N–H and O–H groups in total. The molecule has 4 rings (SSSR count). The van der Waals surface area contributed by atoms with Gasteiger partial charge >= 0.3 is 11.9 Å². The van der Waals surface area contributed by atoms with Crippen molar-refractivity contribution in [2.24, 2.45) is 0 Å². The third-order valence-corrected chi connectivity index (χ3v) is 6.62. The number of carbonyl (C=O) groups excluding carboxylic acids is 1. The van der Waals surface area contributed by atoms with E-state index in [1.165, 1.54) is 41.5 Å². The molecule has 1 unspecified atom stereocenters. The zero-order valence-corrected chi connectivity index (χ0v) is 23.2. The van der Waals surface area contributed by atoms with Gasteiger partial charge in [0.25, 0.3) is 0 Å². The van der Waals surface area contributed by atoms with Gasteiger partial charge in [0, 0.05) is 16.8 Å². The van der Waals surface area contributed by atoms with Crippen LogP contribution in [0.4, 0.5) is 13.2 Å². The maximum Gasteiger partial charge on any atom is 0.410 e. The first kappa shape index (κ1) is 30.2. The Bertz CT molecular complexity index is 1720. The number of hydrogen-bond acceptors (Lipinski definition) is 8. The SMILES string of the molecule is CS(=O)(=O)NCC(=O)NC(Cn1c(-c2ccc(Cl)cc2)nn(Cc2ncn(-c3ncccc3Cl)n2)c1=O)C(F)(F)F. The molecule has 1 aromatic carbocycles. The van der Waals surface area contributed by atoms with Gasteiger partial charge in [0.05, 0.1) is 24.4 Å². The van der Waals surface area contributed by atoms with Crippen LogP contribution in [0, 0.1) is 0 Å². The minimum atomic E-state index is -5.01. The Morgan fingerprint density at radius 2 is 1.80 bits per heavy atom. The summed E-state index contributed by atoms with van der Waals surface area (Å²) in [6.07, 6.45) is -1.48. The molecule has 0 aliphatic rings. The average molecular weight is 634 g/mol. The standard InChI is InChI=1S/C22H20Cl2F3N9O4S/c1-41(39,40)30-9-18(37)31-16(22(25,26)27)10-34-19(13-4-6-14(23)7-5-13)33-35(21(34)38)11-17-29-12-36(32-17)20-15(24)3-2-8-28-20/h2-8,12,16,30H,9-11H2,1H3,(H,31,37). The summed E-state index contributed by atoms with van der Waals surface area (Å²) in [5.74, 6) is -1.07. The van der Waals surface area contributed by atoms with Crippen LogP contribution >= 0.6 is 23.2 Å². The Balaban J connectivity index is 1.68. The zero-order chi connectivity index (χ0) is 29.9. The highest BCUT2D eigenvalue weighted by Crippen LogP contribution is 2.24. The van der Waals surface area contributed by atoms with Gasteiger partial charge in [-0.3, -0.25) is 9.36 Å². The number of aromatic nitrogens is 7. The summed E-state index contributed by atoms with van der Waals surface area (Å²) >= 11 is 12.1. The fraction of sp³-hybridized carbons (Fsp3) is 0.273. The van der Waals surface area contributed by atoms with E-state index < -0.39 is 46.9 Å². The lowest BCUT2D eigenvalue weighted by molar-refractivity contribution is -0.164. The Morgan fingerprint density at radius 1 is 1.10 bits per heavy atom. The molecule has 0 fully saturated rings. The maximum atomic E-state index is 14.0. The monoisotopic (exact) mass is 633 g/mol. The van der Waals surface area contributed by atoms with Gasteiger partial charge in [-0.05, 0) is 36.4 Å². The summed E-state index contributed by atoms with van der Waals surface area (Å²) in [5.41, 5.74) is -0.699. The lowest BCUT2D eigenvalue weighted by atomic mass is 10.2.